The van der Waals surface area contributed by atoms with E-state index < -0.39 is 9.84 Å². The maximum atomic E-state index is 11.5. The van der Waals surface area contributed by atoms with Crippen molar-refractivity contribution in [1.82, 2.24) is 10.6 Å². The average Bonchev–Trinajstić information content (AvgIpc) is 2.51. The smallest absolute Gasteiger partial charge is 0.190 e. The summed E-state index contributed by atoms with van der Waals surface area (Å²) in [4.78, 5) is 4.59. The Kier molecular flexibility index (Phi) is 11.4. The van der Waals surface area contributed by atoms with E-state index in [-0.39, 0.29) is 24.0 Å². The minimum absolute atomic E-state index is 0. The predicted octanol–water partition coefficient (Wildman–Crippen LogP) is 3.63. The first kappa shape index (κ1) is 25.2. The summed E-state index contributed by atoms with van der Waals surface area (Å²) >= 11 is 0. The molecule has 0 saturated carbocycles. The van der Waals surface area contributed by atoms with Gasteiger partial charge in [0.1, 0.15) is 0 Å². The lowest BCUT2D eigenvalue weighted by molar-refractivity contribution is 0.360. The second-order valence-corrected chi connectivity index (χ2v) is 9.63. The Morgan fingerprint density at radius 1 is 1.04 bits per heavy atom. The van der Waals surface area contributed by atoms with Gasteiger partial charge in [-0.25, -0.2) is 8.42 Å². The van der Waals surface area contributed by atoms with E-state index in [1.165, 1.54) is 19.1 Å². The molecule has 0 bridgehead atoms. The van der Waals surface area contributed by atoms with Crippen LogP contribution in [0.4, 0.5) is 0 Å². The van der Waals surface area contributed by atoms with Gasteiger partial charge in [0.25, 0.3) is 0 Å². The van der Waals surface area contributed by atoms with Crippen molar-refractivity contribution < 1.29 is 8.42 Å². The van der Waals surface area contributed by atoms with Crippen molar-refractivity contribution in [3.05, 3.63) is 29.8 Å². The van der Waals surface area contributed by atoms with E-state index in [1.807, 2.05) is 12.1 Å². The highest BCUT2D eigenvalue weighted by atomic mass is 127. The third-order valence-electron chi connectivity index (χ3n) is 3.93. The van der Waals surface area contributed by atoms with E-state index in [2.05, 4.69) is 36.4 Å². The molecule has 0 atom stereocenters. The SMILES string of the molecule is CN=C(NCCCCC(C)(C)C)NCCc1ccc(S(C)(=O)=O)cc1.I. The number of nitrogens with zero attached hydrogens (tertiary/aromatic N) is 1. The zero-order chi connectivity index (χ0) is 18.9. The first-order valence-corrected chi connectivity index (χ1v) is 10.7. The molecule has 0 aliphatic rings. The molecule has 0 aromatic heterocycles. The van der Waals surface area contributed by atoms with E-state index >= 15 is 0 Å². The van der Waals surface area contributed by atoms with Crippen molar-refractivity contribution in [2.45, 2.75) is 51.3 Å². The Bertz CT molecular complexity index is 650. The summed E-state index contributed by atoms with van der Waals surface area (Å²) in [5.41, 5.74) is 1.49. The van der Waals surface area contributed by atoms with Gasteiger partial charge in [0.05, 0.1) is 4.90 Å². The van der Waals surface area contributed by atoms with Gasteiger partial charge < -0.3 is 10.6 Å². The second-order valence-electron chi connectivity index (χ2n) is 7.61. The molecule has 5 nitrogen and oxygen atoms in total. The van der Waals surface area contributed by atoms with Crippen molar-refractivity contribution in [1.29, 1.82) is 0 Å². The molecule has 0 saturated heterocycles. The van der Waals surface area contributed by atoms with Gasteiger partial charge in [-0.05, 0) is 42.4 Å². The van der Waals surface area contributed by atoms with Crippen LogP contribution in [-0.4, -0.2) is 40.8 Å². The van der Waals surface area contributed by atoms with E-state index in [1.54, 1.807) is 19.2 Å². The van der Waals surface area contributed by atoms with Gasteiger partial charge in [-0.1, -0.05) is 39.3 Å². The molecule has 0 aliphatic carbocycles. The predicted molar refractivity (Wildman–Crippen MR) is 121 cm³/mol. The van der Waals surface area contributed by atoms with Crippen LogP contribution in [0.3, 0.4) is 0 Å². The highest BCUT2D eigenvalue weighted by Crippen LogP contribution is 2.21. The van der Waals surface area contributed by atoms with Gasteiger partial charge in [-0.15, -0.1) is 24.0 Å². The summed E-state index contributed by atoms with van der Waals surface area (Å²) in [5, 5.41) is 6.62. The summed E-state index contributed by atoms with van der Waals surface area (Å²) in [6.07, 6.45) is 5.60. The van der Waals surface area contributed by atoms with Crippen LogP contribution in [0.5, 0.6) is 0 Å². The molecule has 26 heavy (non-hydrogen) atoms. The van der Waals surface area contributed by atoms with E-state index in [9.17, 15) is 8.42 Å². The number of guanidine groups is 1. The quantitative estimate of drug-likeness (QED) is 0.250. The number of rotatable bonds is 8. The Balaban J connectivity index is 0.00000625. The van der Waals surface area contributed by atoms with E-state index in [0.717, 1.165) is 37.5 Å². The number of hydrogen-bond acceptors (Lipinski definition) is 3. The first-order chi connectivity index (χ1) is 11.6. The number of aliphatic imine (C=N–C) groups is 1. The molecular weight excluding hydrogens is 461 g/mol. The van der Waals surface area contributed by atoms with Crippen LogP contribution in [0.15, 0.2) is 34.2 Å². The van der Waals surface area contributed by atoms with Gasteiger partial charge in [-0.2, -0.15) is 0 Å². The second kappa shape index (κ2) is 11.8. The summed E-state index contributed by atoms with van der Waals surface area (Å²) in [6.45, 7) is 8.47. The van der Waals surface area contributed by atoms with Crippen molar-refractivity contribution in [3.8, 4) is 0 Å². The van der Waals surface area contributed by atoms with Crippen molar-refractivity contribution in [3.63, 3.8) is 0 Å². The zero-order valence-corrected chi connectivity index (χ0v) is 19.8. The molecule has 1 aromatic rings. The summed E-state index contributed by atoms with van der Waals surface area (Å²) in [6, 6.07) is 7.04. The highest BCUT2D eigenvalue weighted by Gasteiger charge is 2.09. The minimum Gasteiger partial charge on any atom is -0.356 e. The fourth-order valence-electron chi connectivity index (χ4n) is 2.44. The molecule has 0 unspecified atom stereocenters. The van der Waals surface area contributed by atoms with Crippen molar-refractivity contribution >= 4 is 39.8 Å². The lowest BCUT2D eigenvalue weighted by Crippen LogP contribution is -2.38. The van der Waals surface area contributed by atoms with Crippen LogP contribution in [0.1, 0.15) is 45.6 Å². The number of unbranched alkanes of at least 4 members (excludes halogenated alkanes) is 1. The molecule has 7 heteroatoms. The molecule has 150 valence electrons. The van der Waals surface area contributed by atoms with Gasteiger partial charge in [0.2, 0.25) is 0 Å². The summed E-state index contributed by atoms with van der Waals surface area (Å²) < 4.78 is 22.9. The lowest BCUT2D eigenvalue weighted by atomic mass is 9.90. The summed E-state index contributed by atoms with van der Waals surface area (Å²) in [5.74, 6) is 0.809. The fourth-order valence-corrected chi connectivity index (χ4v) is 3.07. The van der Waals surface area contributed by atoms with Crippen LogP contribution in [0.25, 0.3) is 0 Å². The molecule has 0 amide bonds. The topological polar surface area (TPSA) is 70.6 Å². The average molecular weight is 495 g/mol. The number of benzene rings is 1. The normalized spacial score (nSPS) is 12.4. The Hall–Kier alpha value is -0.830. The van der Waals surface area contributed by atoms with Gasteiger partial charge in [0, 0.05) is 26.4 Å². The molecular formula is C19H34IN3O2S. The molecule has 0 aliphatic heterocycles. The van der Waals surface area contributed by atoms with E-state index in [4.69, 9.17) is 0 Å². The van der Waals surface area contributed by atoms with Crippen LogP contribution < -0.4 is 10.6 Å². The first-order valence-electron chi connectivity index (χ1n) is 8.85. The number of halogens is 1. The number of nitrogens with one attached hydrogen (secondary N) is 2. The Morgan fingerprint density at radius 3 is 2.12 bits per heavy atom. The summed E-state index contributed by atoms with van der Waals surface area (Å²) in [7, 11) is -1.36. The van der Waals surface area contributed by atoms with Crippen molar-refractivity contribution in [2.75, 3.05) is 26.4 Å². The molecule has 0 fully saturated rings. The monoisotopic (exact) mass is 495 g/mol. The third-order valence-corrected chi connectivity index (χ3v) is 5.06. The number of hydrogen-bond donors (Lipinski definition) is 2. The Morgan fingerprint density at radius 2 is 1.62 bits per heavy atom. The standard InChI is InChI=1S/C19H33N3O2S.HI/c1-19(2,3)13-6-7-14-21-18(20-4)22-15-12-16-8-10-17(11-9-16)25(5,23)24;/h8-11H,6-7,12-15H2,1-5H3,(H2,20,21,22);1H. The van der Waals surface area contributed by atoms with Crippen LogP contribution >= 0.6 is 24.0 Å². The third kappa shape index (κ3) is 11.0. The molecule has 0 heterocycles. The Labute approximate surface area is 176 Å². The molecule has 1 rings (SSSR count). The van der Waals surface area contributed by atoms with Crippen LogP contribution in [0, 0.1) is 5.41 Å². The molecule has 0 radical (unpaired) electrons. The molecule has 0 spiro atoms. The molecule has 2 N–H and O–H groups in total. The van der Waals surface area contributed by atoms with Crippen molar-refractivity contribution in [2.24, 2.45) is 10.4 Å². The number of sulfone groups is 1. The lowest BCUT2D eigenvalue weighted by Gasteiger charge is -2.18. The minimum atomic E-state index is -3.13. The van der Waals surface area contributed by atoms with Gasteiger partial charge in [-0.3, -0.25) is 4.99 Å². The van der Waals surface area contributed by atoms with Crippen LogP contribution in [0.2, 0.25) is 0 Å². The van der Waals surface area contributed by atoms with Crippen LogP contribution in [-0.2, 0) is 16.3 Å². The fraction of sp³-hybridized carbons (Fsp3) is 0.632. The van der Waals surface area contributed by atoms with Gasteiger partial charge >= 0.3 is 0 Å². The highest BCUT2D eigenvalue weighted by molar-refractivity contribution is 14.0. The molecule has 1 aromatic carbocycles. The maximum absolute atomic E-state index is 11.5. The largest absolute Gasteiger partial charge is 0.356 e. The van der Waals surface area contributed by atoms with E-state index in [0.29, 0.717) is 10.3 Å². The van der Waals surface area contributed by atoms with Gasteiger partial charge in [0.15, 0.2) is 15.8 Å². The zero-order valence-electron chi connectivity index (χ0n) is 16.6. The maximum Gasteiger partial charge on any atom is 0.190 e.